The molecule has 1 amide bonds. The molecule has 1 fully saturated rings. The Morgan fingerprint density at radius 3 is 2.78 bits per heavy atom. The van der Waals surface area contributed by atoms with Crippen molar-refractivity contribution in [1.29, 1.82) is 0 Å². The quantitative estimate of drug-likeness (QED) is 0.739. The summed E-state index contributed by atoms with van der Waals surface area (Å²) in [6, 6.07) is 8.42. The number of aryl methyl sites for hydroxylation is 1. The van der Waals surface area contributed by atoms with E-state index in [1.54, 1.807) is 18.2 Å². The number of halogens is 1. The van der Waals surface area contributed by atoms with Gasteiger partial charge in [0.25, 0.3) is 0 Å². The first-order valence-corrected chi connectivity index (χ1v) is 8.62. The molecule has 138 valence electrons. The predicted octanol–water partition coefficient (Wildman–Crippen LogP) is 3.10. The SMILES string of the molecule is Cc1nc2ccc(C(=O)O)nc2n1Cc1ccc(N2CCOC2=O)cc1Cl. The Labute approximate surface area is 159 Å². The fraction of sp³-hybridized carbons (Fsp3) is 0.222. The maximum absolute atomic E-state index is 11.7. The summed E-state index contributed by atoms with van der Waals surface area (Å²) in [4.78, 5) is 33.1. The molecule has 0 unspecified atom stereocenters. The molecule has 0 saturated carbocycles. The number of nitrogens with zero attached hydrogens (tertiary/aromatic N) is 4. The number of hydrogen-bond donors (Lipinski definition) is 1. The van der Waals surface area contributed by atoms with Crippen LogP contribution in [-0.4, -0.2) is 44.9 Å². The lowest BCUT2D eigenvalue weighted by Crippen LogP contribution is -2.23. The summed E-state index contributed by atoms with van der Waals surface area (Å²) in [6.45, 7) is 3.05. The smallest absolute Gasteiger partial charge is 0.414 e. The number of benzene rings is 1. The Morgan fingerprint density at radius 2 is 2.11 bits per heavy atom. The fourth-order valence-electron chi connectivity index (χ4n) is 3.05. The molecule has 0 radical (unpaired) electrons. The van der Waals surface area contributed by atoms with Crippen molar-refractivity contribution >= 4 is 40.5 Å². The first kappa shape index (κ1) is 17.3. The van der Waals surface area contributed by atoms with Crippen LogP contribution in [0.4, 0.5) is 10.5 Å². The Hall–Kier alpha value is -3.13. The van der Waals surface area contributed by atoms with Gasteiger partial charge in [0.2, 0.25) is 0 Å². The van der Waals surface area contributed by atoms with E-state index < -0.39 is 5.97 Å². The molecule has 0 bridgehead atoms. The van der Waals surface area contributed by atoms with E-state index in [1.165, 1.54) is 11.0 Å². The monoisotopic (exact) mass is 386 g/mol. The van der Waals surface area contributed by atoms with E-state index in [0.717, 1.165) is 5.56 Å². The van der Waals surface area contributed by atoms with E-state index in [1.807, 2.05) is 17.6 Å². The van der Waals surface area contributed by atoms with Crippen LogP contribution in [0.5, 0.6) is 0 Å². The van der Waals surface area contributed by atoms with Crippen LogP contribution in [0.3, 0.4) is 0 Å². The Kier molecular flexibility index (Phi) is 4.19. The largest absolute Gasteiger partial charge is 0.477 e. The number of aromatic nitrogens is 3. The summed E-state index contributed by atoms with van der Waals surface area (Å²) in [6.07, 6.45) is -0.388. The average molecular weight is 387 g/mol. The van der Waals surface area contributed by atoms with Crippen LogP contribution in [0.2, 0.25) is 5.02 Å². The highest BCUT2D eigenvalue weighted by atomic mass is 35.5. The molecule has 3 aromatic rings. The standard InChI is InChI=1S/C18H15ClN4O4/c1-10-20-14-4-5-15(17(24)25)21-16(14)23(10)9-11-2-3-12(8-13(11)19)22-6-7-27-18(22)26/h2-5,8H,6-7,9H2,1H3,(H,24,25). The maximum atomic E-state index is 11.7. The van der Waals surface area contributed by atoms with Gasteiger partial charge >= 0.3 is 12.1 Å². The number of imidazole rings is 1. The molecule has 4 rings (SSSR count). The number of carboxylic acids is 1. The number of carboxylic acid groups (broad SMARTS) is 1. The van der Waals surface area contributed by atoms with E-state index >= 15 is 0 Å². The number of carbonyl (C=O) groups excluding carboxylic acids is 1. The average Bonchev–Trinajstić information content (AvgIpc) is 3.19. The van der Waals surface area contributed by atoms with Gasteiger partial charge in [-0.25, -0.2) is 19.6 Å². The van der Waals surface area contributed by atoms with Crippen LogP contribution in [0.15, 0.2) is 30.3 Å². The normalized spacial score (nSPS) is 14.0. The number of ether oxygens (including phenoxy) is 1. The summed E-state index contributed by atoms with van der Waals surface area (Å²) in [5.41, 5.74) is 2.53. The van der Waals surface area contributed by atoms with E-state index in [-0.39, 0.29) is 11.8 Å². The number of aromatic carboxylic acids is 1. The Balaban J connectivity index is 1.69. The minimum Gasteiger partial charge on any atom is -0.477 e. The molecule has 1 N–H and O–H groups in total. The lowest BCUT2D eigenvalue weighted by atomic mass is 10.2. The van der Waals surface area contributed by atoms with E-state index in [2.05, 4.69) is 9.97 Å². The van der Waals surface area contributed by atoms with Gasteiger partial charge in [-0.2, -0.15) is 0 Å². The first-order chi connectivity index (χ1) is 12.9. The highest BCUT2D eigenvalue weighted by molar-refractivity contribution is 6.31. The zero-order valence-electron chi connectivity index (χ0n) is 14.3. The maximum Gasteiger partial charge on any atom is 0.414 e. The summed E-state index contributed by atoms with van der Waals surface area (Å²) in [7, 11) is 0. The number of pyridine rings is 1. The molecule has 0 aliphatic carbocycles. The molecule has 0 spiro atoms. The molecule has 1 saturated heterocycles. The molecule has 9 heteroatoms. The van der Waals surface area contributed by atoms with E-state index in [4.69, 9.17) is 16.3 Å². The lowest BCUT2D eigenvalue weighted by molar-refractivity contribution is 0.0690. The summed E-state index contributed by atoms with van der Waals surface area (Å²) >= 11 is 6.43. The fourth-order valence-corrected chi connectivity index (χ4v) is 3.29. The van der Waals surface area contributed by atoms with Gasteiger partial charge in [-0.1, -0.05) is 17.7 Å². The van der Waals surface area contributed by atoms with Crippen molar-refractivity contribution < 1.29 is 19.4 Å². The van der Waals surface area contributed by atoms with E-state index in [9.17, 15) is 14.7 Å². The van der Waals surface area contributed by atoms with Crippen molar-refractivity contribution in [3.8, 4) is 0 Å². The number of fused-ring (bicyclic) bond motifs is 1. The molecule has 1 aliphatic heterocycles. The van der Waals surface area contributed by atoms with Gasteiger partial charge in [-0.15, -0.1) is 0 Å². The van der Waals surface area contributed by atoms with Crippen molar-refractivity contribution in [2.45, 2.75) is 13.5 Å². The molecule has 2 aromatic heterocycles. The van der Waals surface area contributed by atoms with Gasteiger partial charge in [-0.3, -0.25) is 4.90 Å². The third-order valence-electron chi connectivity index (χ3n) is 4.44. The second-order valence-electron chi connectivity index (χ2n) is 6.13. The number of carbonyl (C=O) groups is 2. The minimum atomic E-state index is -1.10. The van der Waals surface area contributed by atoms with Gasteiger partial charge in [0.15, 0.2) is 11.3 Å². The highest BCUT2D eigenvalue weighted by Gasteiger charge is 2.24. The topological polar surface area (TPSA) is 97.5 Å². The van der Waals surface area contributed by atoms with Gasteiger partial charge in [0, 0.05) is 10.7 Å². The molecule has 27 heavy (non-hydrogen) atoms. The number of rotatable bonds is 4. The van der Waals surface area contributed by atoms with Gasteiger partial charge in [-0.05, 0) is 36.8 Å². The summed E-state index contributed by atoms with van der Waals surface area (Å²) in [5.74, 6) is -0.398. The summed E-state index contributed by atoms with van der Waals surface area (Å²) in [5, 5.41) is 9.66. The van der Waals surface area contributed by atoms with Gasteiger partial charge in [0.05, 0.1) is 13.1 Å². The number of amides is 1. The molecule has 1 aliphatic rings. The minimum absolute atomic E-state index is 0.0439. The van der Waals surface area contributed by atoms with Crippen LogP contribution in [0, 0.1) is 6.92 Å². The number of anilines is 1. The summed E-state index contributed by atoms with van der Waals surface area (Å²) < 4.78 is 6.76. The Morgan fingerprint density at radius 1 is 1.30 bits per heavy atom. The van der Waals surface area contributed by atoms with Crippen LogP contribution in [0.25, 0.3) is 11.2 Å². The van der Waals surface area contributed by atoms with Crippen molar-refractivity contribution in [3.63, 3.8) is 0 Å². The van der Waals surface area contributed by atoms with Crippen molar-refractivity contribution in [2.24, 2.45) is 0 Å². The lowest BCUT2D eigenvalue weighted by Gasteiger charge is -2.15. The van der Waals surface area contributed by atoms with Crippen molar-refractivity contribution in [2.75, 3.05) is 18.1 Å². The van der Waals surface area contributed by atoms with Gasteiger partial charge < -0.3 is 14.4 Å². The second-order valence-corrected chi connectivity index (χ2v) is 6.54. The van der Waals surface area contributed by atoms with Crippen LogP contribution >= 0.6 is 11.6 Å². The third kappa shape index (κ3) is 3.08. The number of hydrogen-bond acceptors (Lipinski definition) is 5. The third-order valence-corrected chi connectivity index (χ3v) is 4.79. The molecular formula is C18H15ClN4O4. The first-order valence-electron chi connectivity index (χ1n) is 8.24. The van der Waals surface area contributed by atoms with E-state index in [0.29, 0.717) is 47.4 Å². The van der Waals surface area contributed by atoms with Crippen LogP contribution in [0.1, 0.15) is 21.9 Å². The second kappa shape index (κ2) is 6.55. The van der Waals surface area contributed by atoms with Crippen LogP contribution in [-0.2, 0) is 11.3 Å². The number of cyclic esters (lactones) is 1. The molecule has 0 atom stereocenters. The van der Waals surface area contributed by atoms with Crippen molar-refractivity contribution in [1.82, 2.24) is 14.5 Å². The van der Waals surface area contributed by atoms with Gasteiger partial charge in [0.1, 0.15) is 17.9 Å². The molecule has 3 heterocycles. The highest BCUT2D eigenvalue weighted by Crippen LogP contribution is 2.27. The molecule has 1 aromatic carbocycles. The molecular weight excluding hydrogens is 372 g/mol. The Bertz CT molecular complexity index is 1080. The van der Waals surface area contributed by atoms with Crippen LogP contribution < -0.4 is 4.90 Å². The van der Waals surface area contributed by atoms with Crippen molar-refractivity contribution in [3.05, 3.63) is 52.4 Å². The predicted molar refractivity (Wildman–Crippen MR) is 98.5 cm³/mol. The zero-order valence-corrected chi connectivity index (χ0v) is 15.1. The molecule has 8 nitrogen and oxygen atoms in total. The zero-order chi connectivity index (χ0) is 19.1.